The lowest BCUT2D eigenvalue weighted by atomic mass is 10.1. The van der Waals surface area contributed by atoms with Crippen molar-refractivity contribution in [1.29, 1.82) is 0 Å². The van der Waals surface area contributed by atoms with Crippen LogP contribution in [0.15, 0.2) is 61.1 Å². The molecule has 0 spiro atoms. The minimum Gasteiger partial charge on any atom is -0.350 e. The van der Waals surface area contributed by atoms with Crippen molar-refractivity contribution in [3.63, 3.8) is 0 Å². The molecule has 0 bridgehead atoms. The van der Waals surface area contributed by atoms with Gasteiger partial charge in [0, 0.05) is 30.7 Å². The highest BCUT2D eigenvalue weighted by molar-refractivity contribution is 5.80. The molecule has 4 aromatic heterocycles. The molecule has 5 rings (SSSR count). The molecule has 0 radical (unpaired) electrons. The average molecular weight is 440 g/mol. The lowest BCUT2D eigenvalue weighted by molar-refractivity contribution is 0.581. The topological polar surface area (TPSA) is 105 Å². The molecule has 4 heterocycles. The van der Waals surface area contributed by atoms with Gasteiger partial charge < -0.3 is 5.32 Å². The van der Waals surface area contributed by atoms with Crippen molar-refractivity contribution in [2.45, 2.75) is 6.54 Å². The van der Waals surface area contributed by atoms with Gasteiger partial charge in [-0.1, -0.05) is 5.92 Å². The first-order valence-electron chi connectivity index (χ1n) is 9.80. The maximum absolute atomic E-state index is 13.7. The van der Waals surface area contributed by atoms with E-state index in [-0.39, 0.29) is 0 Å². The molecule has 8 nitrogen and oxygen atoms in total. The fraction of sp³-hybridized carbons (Fsp3) is 0.0435. The third-order valence-electron chi connectivity index (χ3n) is 4.63. The van der Waals surface area contributed by atoms with Crippen LogP contribution in [0, 0.1) is 23.7 Å². The Morgan fingerprint density at radius 1 is 0.879 bits per heavy atom. The summed E-state index contributed by atoms with van der Waals surface area (Å²) in [7, 11) is 0. The summed E-state index contributed by atoms with van der Waals surface area (Å²) in [5.41, 5.74) is 2.92. The van der Waals surface area contributed by atoms with Gasteiger partial charge in [0.15, 0.2) is 5.82 Å². The molecule has 2 N–H and O–H groups in total. The van der Waals surface area contributed by atoms with Gasteiger partial charge in [-0.15, -0.1) is 5.10 Å². The minimum absolute atomic E-state index is 0.330. The Balaban J connectivity index is 1.35. The van der Waals surface area contributed by atoms with Crippen LogP contribution in [0.5, 0.6) is 0 Å². The van der Waals surface area contributed by atoms with E-state index in [0.29, 0.717) is 51.7 Å². The molecule has 0 saturated heterocycles. The molecule has 0 aliphatic carbocycles. The van der Waals surface area contributed by atoms with Gasteiger partial charge in [-0.3, -0.25) is 5.10 Å². The second kappa shape index (κ2) is 8.76. The number of anilines is 1. The second-order valence-corrected chi connectivity index (χ2v) is 6.90. The zero-order valence-corrected chi connectivity index (χ0v) is 16.9. The van der Waals surface area contributed by atoms with Crippen LogP contribution in [-0.2, 0) is 6.54 Å². The van der Waals surface area contributed by atoms with Crippen LogP contribution < -0.4 is 5.32 Å². The Bertz CT molecular complexity index is 1520. The lowest BCUT2D eigenvalue weighted by Gasteiger charge is -2.06. The van der Waals surface area contributed by atoms with Crippen molar-refractivity contribution in [2.75, 3.05) is 5.32 Å². The maximum Gasteiger partial charge on any atom is 0.240 e. The van der Waals surface area contributed by atoms with Crippen LogP contribution >= 0.6 is 0 Å². The zero-order valence-electron chi connectivity index (χ0n) is 16.9. The van der Waals surface area contributed by atoms with Crippen molar-refractivity contribution in [3.8, 4) is 23.4 Å². The molecule has 0 amide bonds. The van der Waals surface area contributed by atoms with Crippen LogP contribution in [0.25, 0.3) is 22.4 Å². The van der Waals surface area contributed by atoms with Crippen LogP contribution in [-0.4, -0.2) is 35.1 Å². The van der Waals surface area contributed by atoms with Crippen molar-refractivity contribution in [2.24, 2.45) is 0 Å². The molecule has 160 valence electrons. The summed E-state index contributed by atoms with van der Waals surface area (Å²) in [5.74, 6) is 5.53. The number of pyridine rings is 1. The van der Waals surface area contributed by atoms with E-state index in [1.54, 1.807) is 48.8 Å². The molecular weight excluding hydrogens is 426 g/mol. The average Bonchev–Trinajstić information content (AvgIpc) is 3.22. The third kappa shape index (κ3) is 4.62. The molecule has 0 aliphatic rings. The van der Waals surface area contributed by atoms with Crippen molar-refractivity contribution in [3.05, 3.63) is 89.8 Å². The van der Waals surface area contributed by atoms with Crippen molar-refractivity contribution < 1.29 is 8.78 Å². The number of nitrogens with zero attached hydrogens (tertiary/aromatic N) is 6. The summed E-state index contributed by atoms with van der Waals surface area (Å²) >= 11 is 0. The van der Waals surface area contributed by atoms with Gasteiger partial charge in [-0.25, -0.2) is 24.9 Å². The Kier molecular flexibility index (Phi) is 5.35. The molecule has 0 unspecified atom stereocenters. The SMILES string of the molecule is Fc1cc(CNc2nccc(-c3nccc(C#Cc4ccc5[nH]nc(F)c5c4)n3)n2)ccn1. The van der Waals surface area contributed by atoms with E-state index in [9.17, 15) is 8.78 Å². The Morgan fingerprint density at radius 3 is 2.67 bits per heavy atom. The van der Waals surface area contributed by atoms with Crippen LogP contribution in [0.4, 0.5) is 14.7 Å². The van der Waals surface area contributed by atoms with Gasteiger partial charge in [0.1, 0.15) is 11.4 Å². The summed E-state index contributed by atoms with van der Waals surface area (Å²) in [4.78, 5) is 20.8. The highest BCUT2D eigenvalue weighted by atomic mass is 19.1. The van der Waals surface area contributed by atoms with E-state index >= 15 is 0 Å². The molecule has 0 fully saturated rings. The van der Waals surface area contributed by atoms with Crippen LogP contribution in [0.1, 0.15) is 16.8 Å². The van der Waals surface area contributed by atoms with Gasteiger partial charge in [-0.2, -0.15) is 8.78 Å². The van der Waals surface area contributed by atoms with Crippen LogP contribution in [0.3, 0.4) is 0 Å². The monoisotopic (exact) mass is 440 g/mol. The quantitative estimate of drug-likeness (QED) is 0.326. The number of rotatable bonds is 4. The Labute approximate surface area is 186 Å². The number of benzene rings is 1. The number of H-pyrrole nitrogens is 1. The number of hydrogen-bond acceptors (Lipinski definition) is 7. The smallest absolute Gasteiger partial charge is 0.240 e. The van der Waals surface area contributed by atoms with Gasteiger partial charge >= 0.3 is 0 Å². The van der Waals surface area contributed by atoms with E-state index < -0.39 is 11.9 Å². The molecule has 1 aromatic carbocycles. The van der Waals surface area contributed by atoms with E-state index in [1.165, 1.54) is 12.3 Å². The summed E-state index contributed by atoms with van der Waals surface area (Å²) in [6.07, 6.45) is 4.56. The van der Waals surface area contributed by atoms with Crippen LogP contribution in [0.2, 0.25) is 0 Å². The van der Waals surface area contributed by atoms with Crippen molar-refractivity contribution >= 4 is 16.9 Å². The molecule has 0 saturated carbocycles. The summed E-state index contributed by atoms with van der Waals surface area (Å²) in [5, 5.41) is 9.57. The van der Waals surface area contributed by atoms with Gasteiger partial charge in [0.2, 0.25) is 17.8 Å². The predicted molar refractivity (Wildman–Crippen MR) is 117 cm³/mol. The molecule has 0 atom stereocenters. The lowest BCUT2D eigenvalue weighted by Crippen LogP contribution is -2.05. The number of hydrogen-bond donors (Lipinski definition) is 2. The highest BCUT2D eigenvalue weighted by Gasteiger charge is 2.07. The fourth-order valence-electron chi connectivity index (χ4n) is 3.05. The number of aromatic nitrogens is 7. The van der Waals surface area contributed by atoms with Gasteiger partial charge in [-0.05, 0) is 53.9 Å². The first kappa shape index (κ1) is 20.1. The fourth-order valence-corrected chi connectivity index (χ4v) is 3.05. The van der Waals surface area contributed by atoms with E-state index in [2.05, 4.69) is 52.3 Å². The number of aromatic amines is 1. The summed E-state index contributed by atoms with van der Waals surface area (Å²) in [6, 6.07) is 11.5. The Morgan fingerprint density at radius 2 is 1.76 bits per heavy atom. The van der Waals surface area contributed by atoms with E-state index in [1.807, 2.05) is 0 Å². The standard InChI is InChI=1S/C23H14F2N8/c24-20-12-15(5-8-26-20)13-29-23-28-10-7-19(31-23)22-27-9-6-16(30-22)3-1-14-2-4-18-17(11-14)21(25)33-32-18/h2,4-12H,13H2,(H,32,33)(H,28,29,31). The second-order valence-electron chi connectivity index (χ2n) is 6.90. The third-order valence-corrected chi connectivity index (χ3v) is 4.63. The highest BCUT2D eigenvalue weighted by Crippen LogP contribution is 2.16. The molecular formula is C23H14F2N8. The molecule has 0 aliphatic heterocycles. The molecule has 33 heavy (non-hydrogen) atoms. The molecule has 10 heteroatoms. The van der Waals surface area contributed by atoms with Gasteiger partial charge in [0.25, 0.3) is 0 Å². The summed E-state index contributed by atoms with van der Waals surface area (Å²) in [6.45, 7) is 0.330. The van der Waals surface area contributed by atoms with Gasteiger partial charge in [0.05, 0.1) is 10.9 Å². The van der Waals surface area contributed by atoms with E-state index in [0.717, 1.165) is 0 Å². The normalized spacial score (nSPS) is 10.6. The summed E-state index contributed by atoms with van der Waals surface area (Å²) < 4.78 is 26.9. The van der Waals surface area contributed by atoms with Crippen molar-refractivity contribution in [1.82, 2.24) is 35.1 Å². The maximum atomic E-state index is 13.7. The first-order chi connectivity index (χ1) is 16.1. The first-order valence-corrected chi connectivity index (χ1v) is 9.80. The zero-order chi connectivity index (χ0) is 22.6. The number of nitrogens with one attached hydrogen (secondary N) is 2. The Hall–Kier alpha value is -4.78. The number of halogens is 2. The predicted octanol–water partition coefficient (Wildman–Crippen LogP) is 3.50. The molecule has 5 aromatic rings. The van der Waals surface area contributed by atoms with E-state index in [4.69, 9.17) is 0 Å². The minimum atomic E-state index is -0.569. The largest absolute Gasteiger partial charge is 0.350 e. The number of fused-ring (bicyclic) bond motifs is 1.